The van der Waals surface area contributed by atoms with E-state index in [1.54, 1.807) is 30.5 Å². The fourth-order valence-corrected chi connectivity index (χ4v) is 7.64. The smallest absolute Gasteiger partial charge is 0.308 e. The Labute approximate surface area is 281 Å². The van der Waals surface area contributed by atoms with E-state index in [9.17, 15) is 18.0 Å². The van der Waals surface area contributed by atoms with Crippen molar-refractivity contribution in [3.8, 4) is 0 Å². The van der Waals surface area contributed by atoms with Crippen molar-refractivity contribution in [2.24, 2.45) is 0 Å². The molecule has 0 aliphatic carbocycles. The van der Waals surface area contributed by atoms with Gasteiger partial charge in [0.1, 0.15) is 0 Å². The summed E-state index contributed by atoms with van der Waals surface area (Å²) in [5.74, 6) is -0.321. The van der Waals surface area contributed by atoms with Gasteiger partial charge in [-0.05, 0) is 70.1 Å². The van der Waals surface area contributed by atoms with Crippen molar-refractivity contribution in [2.45, 2.75) is 121 Å². The van der Waals surface area contributed by atoms with E-state index in [-0.39, 0.29) is 36.6 Å². The van der Waals surface area contributed by atoms with E-state index in [2.05, 4.69) is 10.0 Å². The molecule has 1 aromatic heterocycles. The molecule has 4 atom stereocenters. The van der Waals surface area contributed by atoms with Crippen molar-refractivity contribution < 1.29 is 37.0 Å². The molecule has 260 valence electrons. The lowest BCUT2D eigenvalue weighted by Gasteiger charge is -2.39. The van der Waals surface area contributed by atoms with Gasteiger partial charge in [-0.15, -0.1) is 0 Å². The molecule has 2 fully saturated rings. The average molecular weight is 696 g/mol. The van der Waals surface area contributed by atoms with Crippen LogP contribution in [-0.2, 0) is 45.1 Å². The number of fused-ring (bicyclic) bond motifs is 1. The van der Waals surface area contributed by atoms with E-state index in [4.69, 9.17) is 35.5 Å². The summed E-state index contributed by atoms with van der Waals surface area (Å²) < 4.78 is 54.0. The van der Waals surface area contributed by atoms with Gasteiger partial charge in [0, 0.05) is 43.8 Å². The molecule has 0 amide bonds. The molecule has 2 aromatic rings. The van der Waals surface area contributed by atoms with Crippen molar-refractivity contribution in [1.82, 2.24) is 19.6 Å². The minimum atomic E-state index is -4.04. The van der Waals surface area contributed by atoms with Crippen molar-refractivity contribution in [3.05, 3.63) is 40.5 Å². The Balaban J connectivity index is 1.44. The quantitative estimate of drug-likeness (QED) is 0.288. The highest BCUT2D eigenvalue weighted by atomic mass is 35.5. The number of carbonyl (C=O) groups is 2. The summed E-state index contributed by atoms with van der Waals surface area (Å²) in [7, 11) is -2.24. The van der Waals surface area contributed by atoms with Crippen LogP contribution in [0.25, 0.3) is 0 Å². The normalized spacial score (nSPS) is 23.4. The molecular weight excluding hydrogens is 650 g/mol. The number of anilines is 1. The third kappa shape index (κ3) is 9.45. The third-order valence-corrected chi connectivity index (χ3v) is 10.2. The molecule has 13 nitrogen and oxygen atoms in total. The molecule has 0 radical (unpaired) electrons. The summed E-state index contributed by atoms with van der Waals surface area (Å²) >= 11 is 6.14. The first-order valence-electron chi connectivity index (χ1n) is 16.5. The molecule has 1 aromatic carbocycles. The predicted octanol–water partition coefficient (Wildman–Crippen LogP) is 4.38. The number of aromatic nitrogens is 2. The van der Waals surface area contributed by atoms with Gasteiger partial charge in [0.05, 0.1) is 37.7 Å². The lowest BCUT2D eigenvalue weighted by Crippen LogP contribution is -2.50. The van der Waals surface area contributed by atoms with Crippen LogP contribution in [-0.4, -0.2) is 75.0 Å². The van der Waals surface area contributed by atoms with Crippen LogP contribution in [0.1, 0.15) is 95.4 Å². The Morgan fingerprint density at radius 1 is 1.00 bits per heavy atom. The number of nitrogens with one attached hydrogen (secondary N) is 2. The molecule has 2 N–H and O–H groups in total. The van der Waals surface area contributed by atoms with Crippen LogP contribution < -0.4 is 14.9 Å². The molecule has 3 aliphatic heterocycles. The SMILES string of the molecule is CC(C)NS(=O)(=O)c1nc2c(n1Cc1ccc(Cl)cc1)C(CCC(=O)OC1CCCCO1)NC(CCC(=O)OC1CCCCO1)N2C. The zero-order valence-corrected chi connectivity index (χ0v) is 28.9. The van der Waals surface area contributed by atoms with Crippen molar-refractivity contribution >= 4 is 39.4 Å². The Bertz CT molecular complexity index is 1470. The highest BCUT2D eigenvalue weighted by Gasteiger charge is 2.39. The average Bonchev–Trinajstić information content (AvgIpc) is 3.42. The second-order valence-electron chi connectivity index (χ2n) is 12.6. The number of ether oxygens (including phenoxy) is 4. The summed E-state index contributed by atoms with van der Waals surface area (Å²) in [4.78, 5) is 32.3. The van der Waals surface area contributed by atoms with Crippen LogP contribution >= 0.6 is 11.6 Å². The summed E-state index contributed by atoms with van der Waals surface area (Å²) in [6.45, 7) is 4.81. The number of nitrogens with zero attached hydrogens (tertiary/aromatic N) is 3. The largest absolute Gasteiger partial charge is 0.436 e. The number of carbonyl (C=O) groups excluding carboxylic acids is 2. The van der Waals surface area contributed by atoms with Gasteiger partial charge in [-0.3, -0.25) is 14.9 Å². The zero-order chi connectivity index (χ0) is 33.6. The Hall–Kier alpha value is -2.75. The van der Waals surface area contributed by atoms with Gasteiger partial charge < -0.3 is 28.4 Å². The molecule has 5 rings (SSSR count). The van der Waals surface area contributed by atoms with Crippen molar-refractivity contribution in [2.75, 3.05) is 25.2 Å². The Morgan fingerprint density at radius 3 is 2.15 bits per heavy atom. The van der Waals surface area contributed by atoms with Gasteiger partial charge in [-0.2, -0.15) is 4.98 Å². The number of benzene rings is 1. The van der Waals surface area contributed by atoms with E-state index in [1.807, 2.05) is 24.1 Å². The topological polar surface area (TPSA) is 150 Å². The lowest BCUT2D eigenvalue weighted by molar-refractivity contribution is -0.187. The maximum absolute atomic E-state index is 13.7. The minimum absolute atomic E-state index is 0.0624. The first-order chi connectivity index (χ1) is 22.5. The number of esters is 2. The summed E-state index contributed by atoms with van der Waals surface area (Å²) in [6.07, 6.45) is 4.43. The molecule has 3 aliphatic rings. The Kier molecular flexibility index (Phi) is 12.2. The summed E-state index contributed by atoms with van der Waals surface area (Å²) in [5.41, 5.74) is 1.43. The standard InChI is InChI=1S/C32H46ClN5O8S/c1-21(2)36-47(41,42)32-35-31-30(38(32)20-22-10-12-23(33)13-11-22)24(14-16-26(39)45-28-8-4-6-18-43-28)34-25(37(31)3)15-17-27(40)46-29-9-5-7-19-44-29/h10-13,21,24-25,28-29,34,36H,4-9,14-20H2,1-3H3. The number of imidazole rings is 1. The maximum Gasteiger partial charge on any atom is 0.308 e. The molecule has 2 saturated heterocycles. The van der Waals surface area contributed by atoms with Gasteiger partial charge >= 0.3 is 11.9 Å². The number of hydrogen-bond donors (Lipinski definition) is 2. The number of halogens is 1. The summed E-state index contributed by atoms with van der Waals surface area (Å²) in [6, 6.07) is 6.31. The maximum atomic E-state index is 13.7. The second kappa shape index (κ2) is 16.1. The van der Waals surface area contributed by atoms with Gasteiger partial charge in [-0.25, -0.2) is 13.1 Å². The van der Waals surface area contributed by atoms with E-state index >= 15 is 0 Å². The van der Waals surface area contributed by atoms with Crippen LogP contribution in [0.15, 0.2) is 29.4 Å². The van der Waals surface area contributed by atoms with Crippen LogP contribution in [0, 0.1) is 0 Å². The monoisotopic (exact) mass is 695 g/mol. The van der Waals surface area contributed by atoms with Crippen LogP contribution in [0.3, 0.4) is 0 Å². The van der Waals surface area contributed by atoms with Gasteiger partial charge in [0.25, 0.3) is 10.0 Å². The predicted molar refractivity (Wildman–Crippen MR) is 174 cm³/mol. The summed E-state index contributed by atoms with van der Waals surface area (Å²) in [5, 5.41) is 3.99. The third-order valence-electron chi connectivity index (χ3n) is 8.42. The van der Waals surface area contributed by atoms with Crippen LogP contribution in [0.5, 0.6) is 0 Å². The first kappa shape index (κ1) is 35.6. The van der Waals surface area contributed by atoms with E-state index in [0.29, 0.717) is 55.4 Å². The highest BCUT2D eigenvalue weighted by Crippen LogP contribution is 2.38. The molecule has 0 bridgehead atoms. The second-order valence-corrected chi connectivity index (χ2v) is 14.6. The van der Waals surface area contributed by atoms with E-state index in [1.165, 1.54) is 0 Å². The van der Waals surface area contributed by atoms with Gasteiger partial charge in [0.2, 0.25) is 17.7 Å². The number of rotatable bonds is 13. The molecule has 0 spiro atoms. The number of sulfonamides is 1. The molecule has 4 unspecified atom stereocenters. The fourth-order valence-electron chi connectivity index (χ4n) is 6.13. The van der Waals surface area contributed by atoms with E-state index < -0.39 is 40.8 Å². The molecule has 47 heavy (non-hydrogen) atoms. The molecule has 15 heteroatoms. The lowest BCUT2D eigenvalue weighted by atomic mass is 10.0. The van der Waals surface area contributed by atoms with Crippen LogP contribution in [0.2, 0.25) is 5.02 Å². The van der Waals surface area contributed by atoms with E-state index in [0.717, 1.165) is 31.2 Å². The van der Waals surface area contributed by atoms with Crippen LogP contribution in [0.4, 0.5) is 5.82 Å². The van der Waals surface area contributed by atoms with Crippen molar-refractivity contribution in [1.29, 1.82) is 0 Å². The molecular formula is C32H46ClN5O8S. The van der Waals surface area contributed by atoms with Gasteiger partial charge in [0.15, 0.2) is 5.82 Å². The fraction of sp³-hybridized carbons (Fsp3) is 0.656. The highest BCUT2D eigenvalue weighted by molar-refractivity contribution is 7.89. The Morgan fingerprint density at radius 2 is 1.60 bits per heavy atom. The zero-order valence-electron chi connectivity index (χ0n) is 27.3. The molecule has 0 saturated carbocycles. The first-order valence-corrected chi connectivity index (χ1v) is 18.3. The number of hydrogen-bond acceptors (Lipinski definition) is 11. The molecule has 4 heterocycles. The minimum Gasteiger partial charge on any atom is -0.436 e. The van der Waals surface area contributed by atoms with Crippen molar-refractivity contribution in [3.63, 3.8) is 0 Å². The van der Waals surface area contributed by atoms with Gasteiger partial charge in [-0.1, -0.05) is 23.7 Å².